The van der Waals surface area contributed by atoms with Crippen LogP contribution >= 0.6 is 11.6 Å². The minimum Gasteiger partial charge on any atom is -0.356 e. The second kappa shape index (κ2) is 9.35. The molecule has 1 aromatic carbocycles. The average molecular weight is 417 g/mol. The Hall–Kier alpha value is -1.47. The molecule has 3 rings (SSSR count). The second-order valence-electron chi connectivity index (χ2n) is 7.77. The summed E-state index contributed by atoms with van der Waals surface area (Å²) >= 11 is 6.07. The van der Waals surface area contributed by atoms with Gasteiger partial charge in [-0.25, -0.2) is 0 Å². The Morgan fingerprint density at radius 2 is 2.04 bits per heavy atom. The summed E-state index contributed by atoms with van der Waals surface area (Å²) in [7, 11) is 1.75. The molecule has 1 saturated heterocycles. The molecule has 0 amide bonds. The number of hydrogen-bond acceptors (Lipinski definition) is 2. The molecule has 4 nitrogen and oxygen atoms in total. The van der Waals surface area contributed by atoms with Gasteiger partial charge >= 0.3 is 6.18 Å². The van der Waals surface area contributed by atoms with Gasteiger partial charge in [0.05, 0.1) is 6.54 Å². The Kier molecular flexibility index (Phi) is 7.10. The number of piperidine rings is 1. The number of aliphatic imine (C=N–C) groups is 1. The third kappa shape index (κ3) is 6.55. The topological polar surface area (TPSA) is 39.7 Å². The molecular weight excluding hydrogens is 389 g/mol. The first-order valence-electron chi connectivity index (χ1n) is 9.86. The van der Waals surface area contributed by atoms with E-state index in [0.717, 1.165) is 43.2 Å². The molecule has 2 atom stereocenters. The number of hydrogen-bond donors (Lipinski definition) is 2. The zero-order valence-corrected chi connectivity index (χ0v) is 16.9. The smallest absolute Gasteiger partial charge is 0.356 e. The highest BCUT2D eigenvalue weighted by molar-refractivity contribution is 6.30. The van der Waals surface area contributed by atoms with Crippen molar-refractivity contribution in [2.24, 2.45) is 10.9 Å². The van der Waals surface area contributed by atoms with Crippen molar-refractivity contribution in [3.63, 3.8) is 0 Å². The highest BCUT2D eigenvalue weighted by Gasteiger charge is 2.39. The molecule has 2 fully saturated rings. The molecule has 8 heteroatoms. The lowest BCUT2D eigenvalue weighted by atomic mass is 9.93. The Morgan fingerprint density at radius 3 is 2.68 bits per heavy atom. The van der Waals surface area contributed by atoms with E-state index in [1.807, 2.05) is 18.2 Å². The molecule has 156 valence electrons. The van der Waals surface area contributed by atoms with Gasteiger partial charge in [0.25, 0.3) is 0 Å². The maximum absolute atomic E-state index is 12.5. The first kappa shape index (κ1) is 21.2. The second-order valence-corrected chi connectivity index (χ2v) is 8.21. The lowest BCUT2D eigenvalue weighted by Crippen LogP contribution is -2.42. The summed E-state index contributed by atoms with van der Waals surface area (Å²) in [5, 5.41) is 7.54. The third-order valence-corrected chi connectivity index (χ3v) is 5.80. The maximum atomic E-state index is 12.5. The summed E-state index contributed by atoms with van der Waals surface area (Å²) in [5.74, 6) is 1.70. The van der Waals surface area contributed by atoms with Crippen molar-refractivity contribution in [2.45, 2.75) is 43.8 Å². The summed E-state index contributed by atoms with van der Waals surface area (Å²) in [6.45, 7) is 1.04. The van der Waals surface area contributed by atoms with E-state index in [0.29, 0.717) is 31.0 Å². The normalized spacial score (nSPS) is 24.2. The molecule has 28 heavy (non-hydrogen) atoms. The number of halogens is 4. The van der Waals surface area contributed by atoms with Gasteiger partial charge in [0.1, 0.15) is 0 Å². The lowest BCUT2D eigenvalue weighted by Gasteiger charge is -2.32. The van der Waals surface area contributed by atoms with Crippen LogP contribution < -0.4 is 10.6 Å². The number of benzene rings is 1. The van der Waals surface area contributed by atoms with Crippen LogP contribution in [0.3, 0.4) is 0 Å². The van der Waals surface area contributed by atoms with Gasteiger partial charge in [-0.1, -0.05) is 23.7 Å². The summed E-state index contributed by atoms with van der Waals surface area (Å²) < 4.78 is 37.4. The molecule has 1 aliphatic heterocycles. The Balaban J connectivity index is 1.34. The van der Waals surface area contributed by atoms with Gasteiger partial charge in [-0.15, -0.1) is 0 Å². The third-order valence-electron chi connectivity index (χ3n) is 5.57. The van der Waals surface area contributed by atoms with E-state index in [9.17, 15) is 13.2 Å². The van der Waals surface area contributed by atoms with Crippen LogP contribution in [0.2, 0.25) is 5.02 Å². The van der Waals surface area contributed by atoms with Crippen LogP contribution in [-0.2, 0) is 0 Å². The van der Waals surface area contributed by atoms with Gasteiger partial charge in [-0.05, 0) is 62.4 Å². The first-order chi connectivity index (χ1) is 13.3. The van der Waals surface area contributed by atoms with Crippen molar-refractivity contribution in [3.05, 3.63) is 34.9 Å². The quantitative estimate of drug-likeness (QED) is 0.543. The van der Waals surface area contributed by atoms with Gasteiger partial charge in [0, 0.05) is 30.6 Å². The first-order valence-corrected chi connectivity index (χ1v) is 10.2. The molecule has 2 N–H and O–H groups in total. The fourth-order valence-electron chi connectivity index (χ4n) is 3.91. The monoisotopic (exact) mass is 416 g/mol. The van der Waals surface area contributed by atoms with Crippen molar-refractivity contribution in [1.29, 1.82) is 0 Å². The number of rotatable bonds is 6. The zero-order valence-electron chi connectivity index (χ0n) is 16.1. The summed E-state index contributed by atoms with van der Waals surface area (Å²) in [6, 6.07) is 8.31. The lowest BCUT2D eigenvalue weighted by molar-refractivity contribution is -0.148. The van der Waals surface area contributed by atoms with Gasteiger partial charge in [-0.3, -0.25) is 9.89 Å². The van der Waals surface area contributed by atoms with Crippen LogP contribution in [-0.4, -0.2) is 56.3 Å². The Morgan fingerprint density at radius 1 is 1.29 bits per heavy atom. The van der Waals surface area contributed by atoms with Crippen LogP contribution in [0.25, 0.3) is 0 Å². The average Bonchev–Trinajstić information content (AvgIpc) is 3.40. The van der Waals surface area contributed by atoms with Gasteiger partial charge in [0.15, 0.2) is 5.96 Å². The molecule has 2 aliphatic rings. The zero-order chi connectivity index (χ0) is 20.1. The molecule has 0 radical (unpaired) electrons. The Bertz CT molecular complexity index is 672. The van der Waals surface area contributed by atoms with E-state index in [2.05, 4.69) is 21.7 Å². The number of likely N-dealkylation sites (tertiary alicyclic amines) is 1. The molecule has 1 saturated carbocycles. The number of guanidine groups is 1. The van der Waals surface area contributed by atoms with Crippen LogP contribution in [0.4, 0.5) is 13.2 Å². The largest absolute Gasteiger partial charge is 0.401 e. The van der Waals surface area contributed by atoms with Crippen molar-refractivity contribution in [2.75, 3.05) is 33.2 Å². The van der Waals surface area contributed by atoms with Crippen molar-refractivity contribution < 1.29 is 13.2 Å². The summed E-state index contributed by atoms with van der Waals surface area (Å²) in [5.41, 5.74) is 1.24. The standard InChI is InChI=1S/C20H28ClF3N4/c1-25-19(27-18-12-17(18)15-3-2-4-16(21)11-15)26-8-5-14-6-9-28(10-7-14)13-20(22,23)24/h2-4,11,14,17-18H,5-10,12-13H2,1H3,(H2,25,26,27). The van der Waals surface area contributed by atoms with Gasteiger partial charge in [0.2, 0.25) is 0 Å². The summed E-state index contributed by atoms with van der Waals surface area (Å²) in [4.78, 5) is 5.79. The Labute approximate surface area is 169 Å². The number of nitrogens with zero attached hydrogens (tertiary/aromatic N) is 2. The molecule has 0 spiro atoms. The molecule has 2 unspecified atom stereocenters. The highest BCUT2D eigenvalue weighted by atomic mass is 35.5. The van der Waals surface area contributed by atoms with Gasteiger partial charge < -0.3 is 10.6 Å². The van der Waals surface area contributed by atoms with Crippen molar-refractivity contribution in [1.82, 2.24) is 15.5 Å². The van der Waals surface area contributed by atoms with E-state index in [1.165, 1.54) is 10.5 Å². The fraction of sp³-hybridized carbons (Fsp3) is 0.650. The number of alkyl halides is 3. The van der Waals surface area contributed by atoms with E-state index in [4.69, 9.17) is 11.6 Å². The van der Waals surface area contributed by atoms with E-state index >= 15 is 0 Å². The SMILES string of the molecule is CN=C(NCCC1CCN(CC(F)(F)F)CC1)NC1CC1c1cccc(Cl)c1. The minimum atomic E-state index is -4.10. The molecule has 0 bridgehead atoms. The van der Waals surface area contributed by atoms with Crippen LogP contribution in [0, 0.1) is 5.92 Å². The van der Waals surface area contributed by atoms with Crippen molar-refractivity contribution >= 4 is 17.6 Å². The fourth-order valence-corrected chi connectivity index (χ4v) is 4.11. The number of nitrogens with one attached hydrogen (secondary N) is 2. The van der Waals surface area contributed by atoms with E-state index < -0.39 is 12.7 Å². The highest BCUT2D eigenvalue weighted by Crippen LogP contribution is 2.41. The van der Waals surface area contributed by atoms with Crippen LogP contribution in [0.1, 0.15) is 37.2 Å². The van der Waals surface area contributed by atoms with Crippen LogP contribution in [0.5, 0.6) is 0 Å². The maximum Gasteiger partial charge on any atom is 0.401 e. The molecular formula is C20H28ClF3N4. The molecule has 1 aromatic rings. The minimum absolute atomic E-state index is 0.357. The molecule has 0 aromatic heterocycles. The van der Waals surface area contributed by atoms with E-state index in [1.54, 1.807) is 7.05 Å². The predicted octanol–water partition coefficient (Wildman–Crippen LogP) is 4.03. The predicted molar refractivity (Wildman–Crippen MR) is 107 cm³/mol. The van der Waals surface area contributed by atoms with Crippen molar-refractivity contribution in [3.8, 4) is 0 Å². The molecule has 1 heterocycles. The summed E-state index contributed by atoms with van der Waals surface area (Å²) in [6.07, 6.45) is -0.452. The molecule has 1 aliphatic carbocycles. The van der Waals surface area contributed by atoms with Crippen LogP contribution in [0.15, 0.2) is 29.3 Å². The van der Waals surface area contributed by atoms with Gasteiger partial charge in [-0.2, -0.15) is 13.2 Å². The van der Waals surface area contributed by atoms with E-state index in [-0.39, 0.29) is 0 Å².